The van der Waals surface area contributed by atoms with Crippen molar-refractivity contribution in [2.75, 3.05) is 39.6 Å². The Morgan fingerprint density at radius 3 is 0.807 bits per heavy atom. The zero-order valence-electron chi connectivity index (χ0n) is 57.3. The molecule has 0 aromatic heterocycles. The summed E-state index contributed by atoms with van der Waals surface area (Å²) in [5, 5.41) is 10.6. The highest BCUT2D eigenvalue weighted by molar-refractivity contribution is 7.47. The molecule has 0 amide bonds. The molecule has 0 saturated carbocycles. The number of hydrogen-bond donors (Lipinski definition) is 3. The number of aliphatic hydroxyl groups excluding tert-OH is 1. The molecule has 0 aromatic carbocycles. The molecule has 3 N–H and O–H groups in total. The van der Waals surface area contributed by atoms with Crippen LogP contribution in [0.5, 0.6) is 0 Å². The molecule has 0 heterocycles. The van der Waals surface area contributed by atoms with Crippen LogP contribution in [-0.2, 0) is 65.4 Å². The smallest absolute Gasteiger partial charge is 0.462 e. The van der Waals surface area contributed by atoms with Crippen molar-refractivity contribution in [1.82, 2.24) is 0 Å². The molecule has 5 unspecified atom stereocenters. The number of hydrogen-bond acceptors (Lipinski definition) is 15. The summed E-state index contributed by atoms with van der Waals surface area (Å²) in [7, 11) is -9.90. The largest absolute Gasteiger partial charge is 0.472 e. The van der Waals surface area contributed by atoms with Gasteiger partial charge in [0, 0.05) is 25.7 Å². The lowest BCUT2D eigenvalue weighted by atomic mass is 9.99. The quantitative estimate of drug-likeness (QED) is 0.0222. The van der Waals surface area contributed by atoms with Crippen LogP contribution in [0.25, 0.3) is 0 Å². The fourth-order valence-electron chi connectivity index (χ4n) is 10.2. The third-order valence-electron chi connectivity index (χ3n) is 16.9. The molecule has 0 aliphatic carbocycles. The highest BCUT2D eigenvalue weighted by Gasteiger charge is 2.30. The Bertz CT molecular complexity index is 1750. The molecule has 0 aromatic rings. The summed E-state index contributed by atoms with van der Waals surface area (Å²) >= 11 is 0. The van der Waals surface area contributed by atoms with Crippen LogP contribution in [0, 0.1) is 23.7 Å². The Labute approximate surface area is 537 Å². The van der Waals surface area contributed by atoms with Crippen molar-refractivity contribution in [2.24, 2.45) is 23.7 Å². The molecular weight excluding hydrogens is 1160 g/mol. The van der Waals surface area contributed by atoms with E-state index in [4.69, 9.17) is 37.0 Å². The van der Waals surface area contributed by atoms with Crippen LogP contribution in [0.1, 0.15) is 338 Å². The second-order valence-electron chi connectivity index (χ2n) is 26.1. The van der Waals surface area contributed by atoms with E-state index in [1.165, 1.54) is 135 Å². The van der Waals surface area contributed by atoms with Crippen LogP contribution < -0.4 is 0 Å². The molecule has 17 nitrogen and oxygen atoms in total. The summed E-state index contributed by atoms with van der Waals surface area (Å²) in [6, 6.07) is 0. The number of phosphoric ester groups is 2. The first-order valence-electron chi connectivity index (χ1n) is 35.8. The van der Waals surface area contributed by atoms with E-state index in [-0.39, 0.29) is 25.7 Å². The molecule has 88 heavy (non-hydrogen) atoms. The van der Waals surface area contributed by atoms with E-state index in [0.717, 1.165) is 120 Å². The molecule has 0 bridgehead atoms. The third-order valence-corrected chi connectivity index (χ3v) is 18.8. The van der Waals surface area contributed by atoms with Gasteiger partial charge in [-0.2, -0.15) is 0 Å². The molecular formula is C69H134O17P2. The van der Waals surface area contributed by atoms with E-state index in [0.29, 0.717) is 25.7 Å². The van der Waals surface area contributed by atoms with Gasteiger partial charge in [0.05, 0.1) is 26.4 Å². The number of aliphatic hydroxyl groups is 1. The number of unbranched alkanes of at least 4 members (excludes halogenated alkanes) is 29. The van der Waals surface area contributed by atoms with Crippen LogP contribution in [0.2, 0.25) is 0 Å². The fourth-order valence-corrected chi connectivity index (χ4v) is 11.8. The second-order valence-corrected chi connectivity index (χ2v) is 29.0. The minimum Gasteiger partial charge on any atom is -0.462 e. The van der Waals surface area contributed by atoms with Gasteiger partial charge in [-0.1, -0.05) is 287 Å². The summed E-state index contributed by atoms with van der Waals surface area (Å²) in [6.07, 6.45) is 40.3. The maximum atomic E-state index is 13.0. The Hall–Kier alpha value is -1.94. The first-order chi connectivity index (χ1) is 42.2. The molecule has 522 valence electrons. The van der Waals surface area contributed by atoms with Crippen molar-refractivity contribution < 1.29 is 80.2 Å². The highest BCUT2D eigenvalue weighted by Crippen LogP contribution is 2.45. The van der Waals surface area contributed by atoms with Gasteiger partial charge in [-0.25, -0.2) is 9.13 Å². The lowest BCUT2D eigenvalue weighted by Gasteiger charge is -2.21. The summed E-state index contributed by atoms with van der Waals surface area (Å²) in [6.45, 7) is 14.1. The topological polar surface area (TPSA) is 237 Å². The van der Waals surface area contributed by atoms with Gasteiger partial charge in [-0.05, 0) is 49.4 Å². The summed E-state index contributed by atoms with van der Waals surface area (Å²) < 4.78 is 68.2. The second kappa shape index (κ2) is 58.8. The zero-order valence-corrected chi connectivity index (χ0v) is 59.1. The SMILES string of the molecule is CCC(C)CCCCCCCCCCC(=O)O[C@H](COC(=O)CCCCCCCCCCCCCCCC(C)C)COP(=O)(O)OC[C@@H](O)COP(=O)(O)OC[C@@H](COC(=O)CCCCCCCCC(C)CC)OC(=O)CCCCCCCCC(C)CC. The summed E-state index contributed by atoms with van der Waals surface area (Å²) in [5.41, 5.74) is 0. The van der Waals surface area contributed by atoms with Crippen LogP contribution in [-0.4, -0.2) is 96.7 Å². The predicted octanol–water partition coefficient (Wildman–Crippen LogP) is 19.3. The van der Waals surface area contributed by atoms with Crippen LogP contribution in [0.15, 0.2) is 0 Å². The lowest BCUT2D eigenvalue weighted by molar-refractivity contribution is -0.161. The molecule has 0 saturated heterocycles. The zero-order chi connectivity index (χ0) is 65.4. The molecule has 8 atom stereocenters. The van der Waals surface area contributed by atoms with Crippen LogP contribution in [0.4, 0.5) is 0 Å². The first-order valence-corrected chi connectivity index (χ1v) is 38.8. The van der Waals surface area contributed by atoms with Crippen molar-refractivity contribution >= 4 is 39.5 Å². The van der Waals surface area contributed by atoms with E-state index in [2.05, 4.69) is 55.4 Å². The van der Waals surface area contributed by atoms with Crippen molar-refractivity contribution in [3.63, 3.8) is 0 Å². The maximum Gasteiger partial charge on any atom is 0.472 e. The minimum atomic E-state index is -4.95. The van der Waals surface area contributed by atoms with E-state index in [1.54, 1.807) is 0 Å². The van der Waals surface area contributed by atoms with Crippen molar-refractivity contribution in [3.05, 3.63) is 0 Å². The third kappa shape index (κ3) is 59.1. The monoisotopic (exact) mass is 1300 g/mol. The van der Waals surface area contributed by atoms with Gasteiger partial charge >= 0.3 is 39.5 Å². The van der Waals surface area contributed by atoms with Gasteiger partial charge in [0.15, 0.2) is 12.2 Å². The van der Waals surface area contributed by atoms with Crippen molar-refractivity contribution in [3.8, 4) is 0 Å². The minimum absolute atomic E-state index is 0.101. The van der Waals surface area contributed by atoms with Gasteiger partial charge < -0.3 is 33.8 Å². The van der Waals surface area contributed by atoms with E-state index < -0.39 is 97.5 Å². The van der Waals surface area contributed by atoms with Gasteiger partial charge in [0.2, 0.25) is 0 Å². The number of ether oxygens (including phenoxy) is 4. The van der Waals surface area contributed by atoms with Gasteiger partial charge in [-0.15, -0.1) is 0 Å². The standard InChI is InChI=1S/C69H134O17P2/c1-9-60(6)46-38-30-22-19-20-24-35-43-51-68(73)85-64(55-79-66(71)49-41-33-23-18-16-14-12-13-15-17-21-29-37-45-59(4)5)57-83-87(75,76)81-53-63(70)54-82-88(77,78)84-58-65(86-69(74)52-44-36-28-26-32-40-48-62(8)11-3)56-80-67(72)50-42-34-27-25-31-39-47-61(7)10-2/h59-65,70H,9-58H2,1-8H3,(H,75,76)(H,77,78)/t60?,61?,62?,63-,64-,65-/m1/s1. The maximum absolute atomic E-state index is 13.0. The van der Waals surface area contributed by atoms with Gasteiger partial charge in [0.25, 0.3) is 0 Å². The Balaban J connectivity index is 5.24. The van der Waals surface area contributed by atoms with Gasteiger partial charge in [0.1, 0.15) is 19.3 Å². The van der Waals surface area contributed by atoms with Crippen LogP contribution >= 0.6 is 15.6 Å². The van der Waals surface area contributed by atoms with Gasteiger partial charge in [-0.3, -0.25) is 37.3 Å². The highest BCUT2D eigenvalue weighted by atomic mass is 31.2. The van der Waals surface area contributed by atoms with Crippen molar-refractivity contribution in [1.29, 1.82) is 0 Å². The molecule has 0 radical (unpaired) electrons. The summed E-state index contributed by atoms with van der Waals surface area (Å²) in [5.74, 6) is 0.876. The molecule has 19 heteroatoms. The van der Waals surface area contributed by atoms with E-state index >= 15 is 0 Å². The number of phosphoric acid groups is 2. The number of rotatable bonds is 66. The number of carbonyl (C=O) groups excluding carboxylic acids is 4. The van der Waals surface area contributed by atoms with Crippen LogP contribution in [0.3, 0.4) is 0 Å². The summed E-state index contributed by atoms with van der Waals surface area (Å²) in [4.78, 5) is 72.5. The average molecular weight is 1300 g/mol. The van der Waals surface area contributed by atoms with E-state index in [9.17, 15) is 43.2 Å². The Kier molecular flexibility index (Phi) is 57.6. The average Bonchev–Trinajstić information content (AvgIpc) is 3.66. The molecule has 0 aliphatic heterocycles. The Morgan fingerprint density at radius 2 is 0.545 bits per heavy atom. The Morgan fingerprint density at radius 1 is 0.318 bits per heavy atom. The first kappa shape index (κ1) is 86.1. The molecule has 0 spiro atoms. The van der Waals surface area contributed by atoms with E-state index in [1.807, 2.05) is 0 Å². The molecule has 0 rings (SSSR count). The lowest BCUT2D eigenvalue weighted by Crippen LogP contribution is -2.30. The number of esters is 4. The normalized spacial score (nSPS) is 15.2. The molecule has 0 aliphatic rings. The molecule has 0 fully saturated rings. The number of carbonyl (C=O) groups is 4. The van der Waals surface area contributed by atoms with Crippen molar-refractivity contribution in [2.45, 2.75) is 356 Å². The predicted molar refractivity (Wildman–Crippen MR) is 354 cm³/mol. The fraction of sp³-hybridized carbons (Fsp3) is 0.942.